The monoisotopic (exact) mass is 289 g/mol. The number of nitro groups is 1. The van der Waals surface area contributed by atoms with Gasteiger partial charge in [-0.05, 0) is 19.1 Å². The highest BCUT2D eigenvalue weighted by Crippen LogP contribution is 2.25. The molecule has 0 saturated heterocycles. The maximum atomic E-state index is 12.1. The molecule has 21 heavy (non-hydrogen) atoms. The molecule has 2 aromatic rings. The van der Waals surface area contributed by atoms with Gasteiger partial charge in [0.2, 0.25) is 0 Å². The van der Waals surface area contributed by atoms with Crippen molar-refractivity contribution in [3.8, 4) is 0 Å². The van der Waals surface area contributed by atoms with E-state index in [-0.39, 0.29) is 11.3 Å². The van der Waals surface area contributed by atoms with Gasteiger partial charge < -0.3 is 10.6 Å². The van der Waals surface area contributed by atoms with Crippen LogP contribution in [0.15, 0.2) is 30.6 Å². The second-order valence-electron chi connectivity index (χ2n) is 4.38. The fraction of sp³-hybridized carbons (Fsp3) is 0.231. The van der Waals surface area contributed by atoms with Crippen molar-refractivity contribution < 1.29 is 9.72 Å². The number of carbonyl (C=O) groups excluding carboxylic acids is 1. The lowest BCUT2D eigenvalue weighted by molar-refractivity contribution is -0.384. The number of nitrogens with zero attached hydrogens (tertiary/aromatic N) is 3. The number of benzene rings is 1. The summed E-state index contributed by atoms with van der Waals surface area (Å²) in [7, 11) is 1.73. The molecular weight excluding hydrogens is 274 g/mol. The molecule has 2 rings (SSSR count). The minimum absolute atomic E-state index is 0.129. The van der Waals surface area contributed by atoms with E-state index in [0.29, 0.717) is 17.9 Å². The topological polar surface area (TPSA) is 102 Å². The third kappa shape index (κ3) is 3.35. The van der Waals surface area contributed by atoms with Crippen molar-refractivity contribution in [1.82, 2.24) is 9.78 Å². The summed E-state index contributed by atoms with van der Waals surface area (Å²) < 4.78 is 1.55. The van der Waals surface area contributed by atoms with Crippen molar-refractivity contribution in [3.05, 3.63) is 46.3 Å². The highest BCUT2D eigenvalue weighted by atomic mass is 16.6. The average Bonchev–Trinajstić information content (AvgIpc) is 2.84. The first-order chi connectivity index (χ1) is 10.0. The molecule has 1 amide bonds. The van der Waals surface area contributed by atoms with Gasteiger partial charge in [0, 0.05) is 31.4 Å². The Bertz CT molecular complexity index is 680. The highest BCUT2D eigenvalue weighted by Gasteiger charge is 2.17. The average molecular weight is 289 g/mol. The molecule has 0 unspecified atom stereocenters. The number of rotatable bonds is 5. The number of hydrogen-bond donors (Lipinski definition) is 2. The van der Waals surface area contributed by atoms with Crippen molar-refractivity contribution in [2.75, 3.05) is 17.2 Å². The zero-order chi connectivity index (χ0) is 15.4. The Morgan fingerprint density at radius 3 is 2.81 bits per heavy atom. The lowest BCUT2D eigenvalue weighted by atomic mass is 10.1. The van der Waals surface area contributed by atoms with Crippen LogP contribution in [0.3, 0.4) is 0 Å². The van der Waals surface area contributed by atoms with Crippen LogP contribution in [-0.2, 0) is 7.05 Å². The van der Waals surface area contributed by atoms with E-state index in [1.807, 2.05) is 6.92 Å². The highest BCUT2D eigenvalue weighted by molar-refractivity contribution is 6.05. The molecule has 0 bridgehead atoms. The van der Waals surface area contributed by atoms with E-state index in [1.165, 1.54) is 24.4 Å². The number of nitrogens with one attached hydrogen (secondary N) is 2. The molecule has 1 heterocycles. The largest absolute Gasteiger partial charge is 0.380 e. The first-order valence-corrected chi connectivity index (χ1v) is 6.33. The third-order valence-electron chi connectivity index (χ3n) is 2.79. The van der Waals surface area contributed by atoms with Gasteiger partial charge in [-0.2, -0.15) is 5.10 Å². The second-order valence-corrected chi connectivity index (χ2v) is 4.38. The van der Waals surface area contributed by atoms with Gasteiger partial charge in [-0.25, -0.2) is 0 Å². The maximum absolute atomic E-state index is 12.1. The van der Waals surface area contributed by atoms with Gasteiger partial charge in [0.1, 0.15) is 5.69 Å². The number of aryl methyl sites for hydroxylation is 1. The molecule has 2 N–H and O–H groups in total. The third-order valence-corrected chi connectivity index (χ3v) is 2.79. The number of hydrogen-bond acceptors (Lipinski definition) is 5. The molecule has 0 spiro atoms. The molecule has 8 nitrogen and oxygen atoms in total. The first kappa shape index (κ1) is 14.5. The summed E-state index contributed by atoms with van der Waals surface area (Å²) in [6, 6.07) is 4.32. The predicted molar refractivity (Wildman–Crippen MR) is 78.4 cm³/mol. The van der Waals surface area contributed by atoms with E-state index in [4.69, 9.17) is 0 Å². The number of carbonyl (C=O) groups is 1. The lowest BCUT2D eigenvalue weighted by Crippen LogP contribution is -2.12. The van der Waals surface area contributed by atoms with Crippen LogP contribution in [0.5, 0.6) is 0 Å². The van der Waals surface area contributed by atoms with E-state index in [9.17, 15) is 14.9 Å². The van der Waals surface area contributed by atoms with Gasteiger partial charge in [0.25, 0.3) is 11.6 Å². The SMILES string of the molecule is CCNc1ccc(C(=O)Nc2cnn(C)c2)cc1[N+](=O)[O-]. The quantitative estimate of drug-likeness (QED) is 0.647. The van der Waals surface area contributed by atoms with Crippen molar-refractivity contribution in [2.24, 2.45) is 7.05 Å². The van der Waals surface area contributed by atoms with Gasteiger partial charge in [0.05, 0.1) is 16.8 Å². The van der Waals surface area contributed by atoms with Gasteiger partial charge in [0.15, 0.2) is 0 Å². The van der Waals surface area contributed by atoms with Crippen LogP contribution in [0, 0.1) is 10.1 Å². The van der Waals surface area contributed by atoms with E-state index in [0.717, 1.165) is 0 Å². The maximum Gasteiger partial charge on any atom is 0.293 e. The van der Waals surface area contributed by atoms with Crippen LogP contribution in [0.1, 0.15) is 17.3 Å². The summed E-state index contributed by atoms with van der Waals surface area (Å²) in [5.41, 5.74) is 1.00. The Kier molecular flexibility index (Phi) is 4.17. The smallest absolute Gasteiger partial charge is 0.293 e. The zero-order valence-corrected chi connectivity index (χ0v) is 11.7. The standard InChI is InChI=1S/C13H15N5O3/c1-3-14-11-5-4-9(6-12(11)18(20)21)13(19)16-10-7-15-17(2)8-10/h4-8,14H,3H2,1-2H3,(H,16,19). The Balaban J connectivity index is 2.25. The van der Waals surface area contributed by atoms with Crippen LogP contribution in [0.4, 0.5) is 17.1 Å². The van der Waals surface area contributed by atoms with Crippen molar-refractivity contribution in [3.63, 3.8) is 0 Å². The fourth-order valence-corrected chi connectivity index (χ4v) is 1.85. The molecule has 8 heteroatoms. The number of nitro benzene ring substituents is 1. The molecule has 1 aromatic heterocycles. The number of aromatic nitrogens is 2. The van der Waals surface area contributed by atoms with E-state index >= 15 is 0 Å². The Morgan fingerprint density at radius 2 is 2.24 bits per heavy atom. The van der Waals surface area contributed by atoms with Crippen LogP contribution < -0.4 is 10.6 Å². The number of amides is 1. The summed E-state index contributed by atoms with van der Waals surface area (Å²) >= 11 is 0. The molecule has 0 saturated carbocycles. The summed E-state index contributed by atoms with van der Waals surface area (Å²) in [6.07, 6.45) is 3.14. The van der Waals surface area contributed by atoms with Gasteiger partial charge in [-0.15, -0.1) is 0 Å². The lowest BCUT2D eigenvalue weighted by Gasteiger charge is -2.07. The van der Waals surface area contributed by atoms with Crippen molar-refractivity contribution in [2.45, 2.75) is 6.92 Å². The molecule has 0 aliphatic carbocycles. The molecular formula is C13H15N5O3. The Labute approximate surface area is 120 Å². The summed E-state index contributed by atoms with van der Waals surface area (Å²) in [6.45, 7) is 2.40. The van der Waals surface area contributed by atoms with E-state index in [2.05, 4.69) is 15.7 Å². The van der Waals surface area contributed by atoms with Crippen LogP contribution in [0.2, 0.25) is 0 Å². The molecule has 0 aliphatic heterocycles. The molecule has 0 radical (unpaired) electrons. The predicted octanol–water partition coefficient (Wildman–Crippen LogP) is 2.01. The van der Waals surface area contributed by atoms with Crippen LogP contribution in [0.25, 0.3) is 0 Å². The molecule has 0 fully saturated rings. The normalized spacial score (nSPS) is 10.2. The van der Waals surface area contributed by atoms with Crippen molar-refractivity contribution in [1.29, 1.82) is 0 Å². The minimum atomic E-state index is -0.515. The molecule has 1 aromatic carbocycles. The second kappa shape index (κ2) is 6.04. The van der Waals surface area contributed by atoms with Crippen LogP contribution >= 0.6 is 0 Å². The van der Waals surface area contributed by atoms with Gasteiger partial charge >= 0.3 is 0 Å². The van der Waals surface area contributed by atoms with Gasteiger partial charge in [-0.1, -0.05) is 0 Å². The first-order valence-electron chi connectivity index (χ1n) is 6.33. The molecule has 0 atom stereocenters. The Morgan fingerprint density at radius 1 is 1.48 bits per heavy atom. The summed E-state index contributed by atoms with van der Waals surface area (Å²) in [5, 5.41) is 20.5. The van der Waals surface area contributed by atoms with E-state index in [1.54, 1.807) is 17.9 Å². The Hall–Kier alpha value is -2.90. The summed E-state index contributed by atoms with van der Waals surface area (Å²) in [4.78, 5) is 22.6. The fourth-order valence-electron chi connectivity index (χ4n) is 1.85. The number of anilines is 2. The zero-order valence-electron chi connectivity index (χ0n) is 11.7. The van der Waals surface area contributed by atoms with Gasteiger partial charge in [-0.3, -0.25) is 19.6 Å². The van der Waals surface area contributed by atoms with Crippen LogP contribution in [-0.4, -0.2) is 27.2 Å². The summed E-state index contributed by atoms with van der Waals surface area (Å²) in [5.74, 6) is -0.422. The van der Waals surface area contributed by atoms with E-state index < -0.39 is 10.8 Å². The molecule has 0 aliphatic rings. The minimum Gasteiger partial charge on any atom is -0.380 e. The molecule has 110 valence electrons. The van der Waals surface area contributed by atoms with Crippen molar-refractivity contribution >= 4 is 23.0 Å².